The second-order valence-corrected chi connectivity index (χ2v) is 8.53. The van der Waals surface area contributed by atoms with E-state index < -0.39 is 11.2 Å². The van der Waals surface area contributed by atoms with Crippen LogP contribution in [0.5, 0.6) is 5.88 Å². The summed E-state index contributed by atoms with van der Waals surface area (Å²) in [6.45, 7) is 1.81. The van der Waals surface area contributed by atoms with E-state index in [9.17, 15) is 14.4 Å². The Kier molecular flexibility index (Phi) is 7.03. The summed E-state index contributed by atoms with van der Waals surface area (Å²) in [6.07, 6.45) is 3.72. The number of likely N-dealkylation sites (tertiary alicyclic amines) is 1. The number of anilines is 2. The van der Waals surface area contributed by atoms with Crippen molar-refractivity contribution in [2.75, 3.05) is 30.9 Å². The molecule has 0 radical (unpaired) electrons. The van der Waals surface area contributed by atoms with E-state index in [1.807, 2.05) is 0 Å². The Bertz CT molecular complexity index is 1070. The number of benzene rings is 1. The van der Waals surface area contributed by atoms with E-state index in [0.29, 0.717) is 17.1 Å². The molecule has 1 unspecified atom stereocenters. The monoisotopic (exact) mass is 469 g/mol. The summed E-state index contributed by atoms with van der Waals surface area (Å²) in [5.41, 5.74) is 6.00. The van der Waals surface area contributed by atoms with Crippen molar-refractivity contribution in [3.8, 4) is 5.88 Å². The minimum atomic E-state index is -0.504. The molecule has 12 heteroatoms. The van der Waals surface area contributed by atoms with Gasteiger partial charge in [-0.2, -0.15) is 9.98 Å². The maximum atomic E-state index is 12.4. The van der Waals surface area contributed by atoms with Crippen LogP contribution in [0.4, 0.5) is 11.6 Å². The number of rotatable bonds is 7. The third-order valence-electron chi connectivity index (χ3n) is 5.03. The van der Waals surface area contributed by atoms with Gasteiger partial charge in [0.15, 0.2) is 5.17 Å². The van der Waals surface area contributed by atoms with Crippen LogP contribution in [0, 0.1) is 0 Å². The fourth-order valence-electron chi connectivity index (χ4n) is 3.34. The number of carbonyl (C=O) groups excluding carboxylic acids is 3. The van der Waals surface area contributed by atoms with Gasteiger partial charge in [-0.05, 0) is 37.1 Å². The average molecular weight is 470 g/mol. The largest absolute Gasteiger partial charge is 0.481 e. The van der Waals surface area contributed by atoms with Crippen molar-refractivity contribution in [1.82, 2.24) is 20.3 Å². The Morgan fingerprint density at radius 3 is 2.67 bits per heavy atom. The maximum absolute atomic E-state index is 12.4. The number of ether oxygens (including phenoxy) is 1. The summed E-state index contributed by atoms with van der Waals surface area (Å²) >= 11 is 1.35. The maximum Gasteiger partial charge on any atom is 0.269 e. The average Bonchev–Trinajstić information content (AvgIpc) is 3.48. The highest BCUT2D eigenvalue weighted by Crippen LogP contribution is 2.29. The first-order chi connectivity index (χ1) is 16.0. The van der Waals surface area contributed by atoms with Gasteiger partial charge >= 0.3 is 0 Å². The Hall–Kier alpha value is -3.67. The number of hydrogen-bond donors (Lipinski definition) is 3. The van der Waals surface area contributed by atoms with Crippen molar-refractivity contribution < 1.29 is 19.1 Å². The molecular weight excluding hydrogens is 446 g/mol. The van der Waals surface area contributed by atoms with Gasteiger partial charge in [0.1, 0.15) is 5.25 Å². The van der Waals surface area contributed by atoms with Crippen LogP contribution in [0.25, 0.3) is 0 Å². The minimum Gasteiger partial charge on any atom is -0.481 e. The van der Waals surface area contributed by atoms with E-state index >= 15 is 0 Å². The van der Waals surface area contributed by atoms with Gasteiger partial charge in [0, 0.05) is 43.0 Å². The zero-order valence-electron chi connectivity index (χ0n) is 17.9. The van der Waals surface area contributed by atoms with E-state index in [-0.39, 0.29) is 24.2 Å². The molecule has 0 spiro atoms. The molecule has 3 amide bonds. The fourth-order valence-corrected chi connectivity index (χ4v) is 4.46. The molecule has 1 aromatic carbocycles. The molecule has 3 heterocycles. The van der Waals surface area contributed by atoms with Gasteiger partial charge in [-0.25, -0.2) is 4.98 Å². The van der Waals surface area contributed by atoms with E-state index in [1.54, 1.807) is 30.3 Å². The van der Waals surface area contributed by atoms with Crippen molar-refractivity contribution in [3.63, 3.8) is 0 Å². The summed E-state index contributed by atoms with van der Waals surface area (Å²) in [4.78, 5) is 51.1. The molecule has 11 nitrogen and oxygen atoms in total. The van der Waals surface area contributed by atoms with Crippen LogP contribution < -0.4 is 20.9 Å². The molecule has 33 heavy (non-hydrogen) atoms. The van der Waals surface area contributed by atoms with Crippen LogP contribution in [0.3, 0.4) is 0 Å². The first-order valence-corrected chi connectivity index (χ1v) is 11.3. The molecule has 0 bridgehead atoms. The lowest BCUT2D eigenvalue weighted by atomic mass is 10.2. The van der Waals surface area contributed by atoms with Crippen LogP contribution in [0.2, 0.25) is 0 Å². The molecule has 1 saturated heterocycles. The lowest BCUT2D eigenvalue weighted by Crippen LogP contribution is -2.30. The second-order valence-electron chi connectivity index (χ2n) is 7.36. The molecule has 4 rings (SSSR count). The number of hydrazine groups is 1. The SMILES string of the molecule is COc1ccnc(NNC(=O)c2ccc(NC(=O)CC3SC(N4CCCC4)=NC3=O)cc2)n1. The number of aromatic nitrogens is 2. The third kappa shape index (κ3) is 5.77. The molecule has 3 N–H and O–H groups in total. The highest BCUT2D eigenvalue weighted by molar-refractivity contribution is 8.15. The summed E-state index contributed by atoms with van der Waals surface area (Å²) in [6, 6.07) is 7.96. The van der Waals surface area contributed by atoms with Gasteiger partial charge in [-0.3, -0.25) is 25.2 Å². The van der Waals surface area contributed by atoms with E-state index in [1.165, 1.54) is 25.1 Å². The Balaban J connectivity index is 1.25. The van der Waals surface area contributed by atoms with Gasteiger partial charge in [0.25, 0.3) is 11.8 Å². The van der Waals surface area contributed by atoms with Crippen molar-refractivity contribution in [3.05, 3.63) is 42.1 Å². The summed E-state index contributed by atoms with van der Waals surface area (Å²) in [5, 5.41) is 2.98. The van der Waals surface area contributed by atoms with Crippen molar-refractivity contribution in [2.24, 2.45) is 4.99 Å². The molecule has 1 atom stereocenters. The quantitative estimate of drug-likeness (QED) is 0.517. The van der Waals surface area contributed by atoms with Crippen LogP contribution in [0.15, 0.2) is 41.5 Å². The van der Waals surface area contributed by atoms with Crippen LogP contribution in [-0.2, 0) is 9.59 Å². The third-order valence-corrected chi connectivity index (χ3v) is 6.25. The Morgan fingerprint density at radius 1 is 1.18 bits per heavy atom. The number of methoxy groups -OCH3 is 1. The fraction of sp³-hybridized carbons (Fsp3) is 0.333. The molecular formula is C21H23N7O4S. The van der Waals surface area contributed by atoms with Gasteiger partial charge < -0.3 is 15.0 Å². The highest BCUT2D eigenvalue weighted by atomic mass is 32.2. The second kappa shape index (κ2) is 10.3. The van der Waals surface area contributed by atoms with E-state index in [2.05, 4.69) is 36.0 Å². The minimum absolute atomic E-state index is 0.0387. The summed E-state index contributed by atoms with van der Waals surface area (Å²) in [7, 11) is 1.48. The number of amides is 3. The normalized spacial score (nSPS) is 17.5. The number of nitrogens with one attached hydrogen (secondary N) is 3. The standard InChI is InChI=1S/C21H23N7O4S/c1-32-17-8-9-22-20(24-17)27-26-18(30)13-4-6-14(7-5-13)23-16(29)12-15-19(31)25-21(33-15)28-10-2-3-11-28/h4-9,15H,2-3,10-12H2,1H3,(H,23,29)(H,26,30)(H,22,24,27). The zero-order valence-corrected chi connectivity index (χ0v) is 18.7. The number of carbonyl (C=O) groups is 3. The smallest absolute Gasteiger partial charge is 0.269 e. The number of thioether (sulfide) groups is 1. The van der Waals surface area contributed by atoms with Crippen LogP contribution in [0.1, 0.15) is 29.6 Å². The highest BCUT2D eigenvalue weighted by Gasteiger charge is 2.33. The molecule has 172 valence electrons. The van der Waals surface area contributed by atoms with Crippen molar-refractivity contribution in [1.29, 1.82) is 0 Å². The van der Waals surface area contributed by atoms with Crippen LogP contribution in [-0.4, -0.2) is 63.2 Å². The number of nitrogens with zero attached hydrogens (tertiary/aromatic N) is 4. The first-order valence-electron chi connectivity index (χ1n) is 10.4. The number of aliphatic imine (C=N–C) groups is 1. The van der Waals surface area contributed by atoms with Gasteiger partial charge in [-0.1, -0.05) is 11.8 Å². The van der Waals surface area contributed by atoms with Gasteiger partial charge in [-0.15, -0.1) is 0 Å². The molecule has 0 saturated carbocycles. The Morgan fingerprint density at radius 2 is 1.94 bits per heavy atom. The van der Waals surface area contributed by atoms with Crippen LogP contribution >= 0.6 is 11.8 Å². The predicted molar refractivity (Wildman–Crippen MR) is 124 cm³/mol. The summed E-state index contributed by atoms with van der Waals surface area (Å²) < 4.78 is 5.00. The van der Waals surface area contributed by atoms with Gasteiger partial charge in [0.05, 0.1) is 7.11 Å². The molecule has 1 aromatic heterocycles. The molecule has 2 aliphatic rings. The number of amidine groups is 1. The molecule has 2 aromatic rings. The van der Waals surface area contributed by atoms with Crippen molar-refractivity contribution in [2.45, 2.75) is 24.5 Å². The Labute approximate surface area is 194 Å². The van der Waals surface area contributed by atoms with Gasteiger partial charge in [0.2, 0.25) is 17.7 Å². The predicted octanol–water partition coefficient (Wildman–Crippen LogP) is 1.66. The van der Waals surface area contributed by atoms with E-state index in [4.69, 9.17) is 4.74 Å². The zero-order chi connectivity index (χ0) is 23.2. The lowest BCUT2D eigenvalue weighted by molar-refractivity contribution is -0.121. The van der Waals surface area contributed by atoms with E-state index in [0.717, 1.165) is 31.1 Å². The van der Waals surface area contributed by atoms with Crippen molar-refractivity contribution >= 4 is 46.3 Å². The summed E-state index contributed by atoms with van der Waals surface area (Å²) in [5.74, 6) is -0.413. The topological polar surface area (TPSA) is 138 Å². The number of hydrogen-bond acceptors (Lipinski definition) is 9. The first kappa shape index (κ1) is 22.5. The lowest BCUT2D eigenvalue weighted by Gasteiger charge is -2.16. The molecule has 2 aliphatic heterocycles. The molecule has 1 fully saturated rings. The molecule has 0 aliphatic carbocycles.